The maximum absolute atomic E-state index is 13.0. The summed E-state index contributed by atoms with van der Waals surface area (Å²) in [6.07, 6.45) is -2.07. The number of nitrogens with one attached hydrogen (secondary N) is 1. The van der Waals surface area contributed by atoms with Crippen molar-refractivity contribution in [1.82, 2.24) is 10.2 Å². The molecular formula is C21H32F3N3O2. The van der Waals surface area contributed by atoms with E-state index < -0.39 is 17.8 Å². The minimum absolute atomic E-state index is 0.145. The molecule has 0 saturated carbocycles. The van der Waals surface area contributed by atoms with Crippen LogP contribution in [0.4, 0.5) is 13.2 Å². The Morgan fingerprint density at radius 1 is 1.34 bits per heavy atom. The Morgan fingerprint density at radius 2 is 2.14 bits per heavy atom. The maximum atomic E-state index is 13.0. The SMILES string of the molecule is CCCC(CCO)CN=C(NCC)N1CCOC(c2cccc(C(F)(F)F)c2)C1. The van der Waals surface area contributed by atoms with E-state index in [1.54, 1.807) is 6.07 Å². The largest absolute Gasteiger partial charge is 0.416 e. The Morgan fingerprint density at radius 3 is 2.79 bits per heavy atom. The Labute approximate surface area is 171 Å². The van der Waals surface area contributed by atoms with E-state index in [4.69, 9.17) is 9.73 Å². The Hall–Kier alpha value is -1.80. The molecular weight excluding hydrogens is 383 g/mol. The van der Waals surface area contributed by atoms with Crippen molar-refractivity contribution in [2.75, 3.05) is 39.4 Å². The van der Waals surface area contributed by atoms with Crippen LogP contribution in [0.3, 0.4) is 0 Å². The lowest BCUT2D eigenvalue weighted by atomic mass is 10.0. The van der Waals surface area contributed by atoms with Gasteiger partial charge < -0.3 is 20.1 Å². The van der Waals surface area contributed by atoms with Crippen LogP contribution in [0.15, 0.2) is 29.3 Å². The molecule has 0 spiro atoms. The van der Waals surface area contributed by atoms with Crippen LogP contribution in [0.25, 0.3) is 0 Å². The monoisotopic (exact) mass is 415 g/mol. The first-order valence-electron chi connectivity index (χ1n) is 10.3. The lowest BCUT2D eigenvalue weighted by Gasteiger charge is -2.35. The van der Waals surface area contributed by atoms with E-state index in [0.717, 1.165) is 30.9 Å². The molecule has 1 saturated heterocycles. The number of nitrogens with zero attached hydrogens (tertiary/aromatic N) is 2. The molecule has 1 heterocycles. The van der Waals surface area contributed by atoms with Gasteiger partial charge in [0, 0.05) is 26.2 Å². The zero-order valence-corrected chi connectivity index (χ0v) is 17.2. The summed E-state index contributed by atoms with van der Waals surface area (Å²) in [5.41, 5.74) is -0.146. The van der Waals surface area contributed by atoms with E-state index in [2.05, 4.69) is 12.2 Å². The van der Waals surface area contributed by atoms with Gasteiger partial charge in [-0.05, 0) is 43.4 Å². The van der Waals surface area contributed by atoms with Gasteiger partial charge in [-0.2, -0.15) is 13.2 Å². The molecule has 164 valence electrons. The average Bonchev–Trinajstić information content (AvgIpc) is 2.71. The molecule has 2 N–H and O–H groups in total. The maximum Gasteiger partial charge on any atom is 0.416 e. The number of aliphatic hydroxyl groups is 1. The molecule has 1 aliphatic heterocycles. The van der Waals surface area contributed by atoms with Gasteiger partial charge in [-0.3, -0.25) is 4.99 Å². The fourth-order valence-electron chi connectivity index (χ4n) is 3.52. The number of hydrogen-bond acceptors (Lipinski definition) is 3. The number of guanidine groups is 1. The number of alkyl halides is 3. The normalized spacial score (nSPS) is 19.3. The van der Waals surface area contributed by atoms with E-state index in [0.29, 0.717) is 50.7 Å². The second-order valence-electron chi connectivity index (χ2n) is 7.29. The molecule has 2 unspecified atom stereocenters. The minimum Gasteiger partial charge on any atom is -0.396 e. The molecule has 1 aromatic rings. The first-order valence-corrected chi connectivity index (χ1v) is 10.3. The lowest BCUT2D eigenvalue weighted by Crippen LogP contribution is -2.48. The van der Waals surface area contributed by atoms with Crippen LogP contribution in [0.2, 0.25) is 0 Å². The molecule has 2 rings (SSSR count). The molecule has 1 aliphatic rings. The number of rotatable bonds is 8. The van der Waals surface area contributed by atoms with E-state index in [-0.39, 0.29) is 6.61 Å². The number of benzene rings is 1. The van der Waals surface area contributed by atoms with Gasteiger partial charge in [-0.25, -0.2) is 0 Å². The summed E-state index contributed by atoms with van der Waals surface area (Å²) in [6, 6.07) is 5.33. The fourth-order valence-corrected chi connectivity index (χ4v) is 3.52. The molecule has 29 heavy (non-hydrogen) atoms. The molecule has 0 aromatic heterocycles. The first-order chi connectivity index (χ1) is 13.9. The third-order valence-corrected chi connectivity index (χ3v) is 5.02. The van der Waals surface area contributed by atoms with Crippen molar-refractivity contribution in [2.24, 2.45) is 10.9 Å². The summed E-state index contributed by atoms with van der Waals surface area (Å²) in [5, 5.41) is 12.5. The highest BCUT2D eigenvalue weighted by atomic mass is 19.4. The van der Waals surface area contributed by atoms with Crippen LogP contribution >= 0.6 is 0 Å². The van der Waals surface area contributed by atoms with Crippen molar-refractivity contribution in [2.45, 2.75) is 45.4 Å². The topological polar surface area (TPSA) is 57.1 Å². The van der Waals surface area contributed by atoms with Gasteiger partial charge in [0.2, 0.25) is 0 Å². The van der Waals surface area contributed by atoms with Gasteiger partial charge in [0.05, 0.1) is 18.7 Å². The van der Waals surface area contributed by atoms with Crippen molar-refractivity contribution in [3.8, 4) is 0 Å². The smallest absolute Gasteiger partial charge is 0.396 e. The minimum atomic E-state index is -4.37. The Balaban J connectivity index is 2.12. The third kappa shape index (κ3) is 7.19. The molecule has 0 bridgehead atoms. The fraction of sp³-hybridized carbons (Fsp3) is 0.667. The highest BCUT2D eigenvalue weighted by molar-refractivity contribution is 5.80. The van der Waals surface area contributed by atoms with E-state index in [1.807, 2.05) is 11.8 Å². The predicted molar refractivity (Wildman–Crippen MR) is 108 cm³/mol. The zero-order valence-electron chi connectivity index (χ0n) is 17.2. The van der Waals surface area contributed by atoms with E-state index in [1.165, 1.54) is 6.07 Å². The quantitative estimate of drug-likeness (QED) is 0.500. The molecule has 1 aromatic carbocycles. The second kappa shape index (κ2) is 11.4. The number of hydrogen-bond donors (Lipinski definition) is 2. The van der Waals surface area contributed by atoms with Crippen LogP contribution in [0.5, 0.6) is 0 Å². The number of halogens is 3. The van der Waals surface area contributed by atoms with Crippen LogP contribution in [-0.4, -0.2) is 55.4 Å². The average molecular weight is 416 g/mol. The van der Waals surface area contributed by atoms with Crippen molar-refractivity contribution in [3.05, 3.63) is 35.4 Å². The van der Waals surface area contributed by atoms with Gasteiger partial charge in [0.25, 0.3) is 0 Å². The van der Waals surface area contributed by atoms with E-state index in [9.17, 15) is 18.3 Å². The number of aliphatic hydroxyl groups excluding tert-OH is 1. The van der Waals surface area contributed by atoms with Crippen LogP contribution in [-0.2, 0) is 10.9 Å². The summed E-state index contributed by atoms with van der Waals surface area (Å²) >= 11 is 0. The predicted octanol–water partition coefficient (Wildman–Crippen LogP) is 3.84. The van der Waals surface area contributed by atoms with Crippen molar-refractivity contribution in [3.63, 3.8) is 0 Å². The molecule has 8 heteroatoms. The van der Waals surface area contributed by atoms with Gasteiger partial charge in [-0.15, -0.1) is 0 Å². The van der Waals surface area contributed by atoms with E-state index >= 15 is 0 Å². The standard InChI is InChI=1S/C21H32F3N3O2/c1-3-6-16(9-11-28)14-26-20(25-4-2)27-10-12-29-19(15-27)17-7-5-8-18(13-17)21(22,23)24/h5,7-8,13,16,19,28H,3-4,6,9-12,14-15H2,1-2H3,(H,25,26). The Bertz CT molecular complexity index is 646. The summed E-state index contributed by atoms with van der Waals surface area (Å²) in [7, 11) is 0. The highest BCUT2D eigenvalue weighted by Gasteiger charge is 2.32. The lowest BCUT2D eigenvalue weighted by molar-refractivity contribution is -0.137. The number of morpholine rings is 1. The molecule has 1 fully saturated rings. The summed E-state index contributed by atoms with van der Waals surface area (Å²) in [5.74, 6) is 1.06. The van der Waals surface area contributed by atoms with Gasteiger partial charge in [-0.1, -0.05) is 25.5 Å². The first kappa shape index (κ1) is 23.5. The molecule has 5 nitrogen and oxygen atoms in total. The molecule has 0 amide bonds. The Kier molecular flexibility index (Phi) is 9.23. The van der Waals surface area contributed by atoms with Crippen molar-refractivity contribution in [1.29, 1.82) is 0 Å². The van der Waals surface area contributed by atoms with Gasteiger partial charge in [0.1, 0.15) is 6.10 Å². The molecule has 0 aliphatic carbocycles. The third-order valence-electron chi connectivity index (χ3n) is 5.02. The number of ether oxygens (including phenoxy) is 1. The summed E-state index contributed by atoms with van der Waals surface area (Å²) < 4.78 is 44.9. The highest BCUT2D eigenvalue weighted by Crippen LogP contribution is 2.32. The molecule has 2 atom stereocenters. The zero-order chi connectivity index (χ0) is 21.3. The van der Waals surface area contributed by atoms with Crippen molar-refractivity contribution < 1.29 is 23.0 Å². The van der Waals surface area contributed by atoms with Crippen LogP contribution in [0, 0.1) is 5.92 Å². The number of aliphatic imine (C=N–C) groups is 1. The van der Waals surface area contributed by atoms with Crippen molar-refractivity contribution >= 4 is 5.96 Å². The summed E-state index contributed by atoms with van der Waals surface area (Å²) in [6.45, 7) is 7.03. The van der Waals surface area contributed by atoms with Gasteiger partial charge in [0.15, 0.2) is 5.96 Å². The second-order valence-corrected chi connectivity index (χ2v) is 7.29. The van der Waals surface area contributed by atoms with Gasteiger partial charge >= 0.3 is 6.18 Å². The summed E-state index contributed by atoms with van der Waals surface area (Å²) in [4.78, 5) is 6.79. The molecule has 0 radical (unpaired) electrons. The van der Waals surface area contributed by atoms with Crippen LogP contribution < -0.4 is 5.32 Å². The van der Waals surface area contributed by atoms with Crippen LogP contribution in [0.1, 0.15) is 50.3 Å².